The Morgan fingerprint density at radius 2 is 2.00 bits per heavy atom. The molecule has 1 rings (SSSR count). The molecule has 0 aliphatic heterocycles. The Balaban J connectivity index is 2.68. The summed E-state index contributed by atoms with van der Waals surface area (Å²) in [5.41, 5.74) is 2.48. The van der Waals surface area contributed by atoms with Gasteiger partial charge < -0.3 is 10.1 Å². The maximum Gasteiger partial charge on any atom is 0.412 e. The monoisotopic (exact) mass is 278 g/mol. The zero-order valence-corrected chi connectivity index (χ0v) is 13.2. The minimum Gasteiger partial charge on any atom is -0.444 e. The number of hydrogen-bond acceptors (Lipinski definition) is 3. The van der Waals surface area contributed by atoms with E-state index in [4.69, 9.17) is 4.74 Å². The Kier molecular flexibility index (Phi) is 6.02. The van der Waals surface area contributed by atoms with Crippen LogP contribution in [-0.2, 0) is 11.3 Å². The van der Waals surface area contributed by atoms with Crippen molar-refractivity contribution in [2.24, 2.45) is 0 Å². The van der Waals surface area contributed by atoms with Gasteiger partial charge in [-0.05, 0) is 57.9 Å². The summed E-state index contributed by atoms with van der Waals surface area (Å²) in [4.78, 5) is 11.8. The minimum atomic E-state index is -0.488. The van der Waals surface area contributed by atoms with Crippen LogP contribution in [0, 0.1) is 6.92 Å². The van der Waals surface area contributed by atoms with Crippen LogP contribution in [0.15, 0.2) is 18.2 Å². The van der Waals surface area contributed by atoms with Gasteiger partial charge in [0.25, 0.3) is 0 Å². The van der Waals surface area contributed by atoms with Crippen LogP contribution in [0.25, 0.3) is 0 Å². The van der Waals surface area contributed by atoms with E-state index in [0.29, 0.717) is 0 Å². The lowest BCUT2D eigenvalue weighted by atomic mass is 10.1. The molecule has 20 heavy (non-hydrogen) atoms. The maximum absolute atomic E-state index is 11.8. The molecule has 0 aromatic heterocycles. The molecule has 4 heteroatoms. The lowest BCUT2D eigenvalue weighted by Gasteiger charge is -2.20. The summed E-state index contributed by atoms with van der Waals surface area (Å²) >= 11 is 0. The van der Waals surface area contributed by atoms with Gasteiger partial charge in [0.1, 0.15) is 5.60 Å². The lowest BCUT2D eigenvalue weighted by Crippen LogP contribution is -2.27. The number of rotatable bonds is 5. The number of benzene rings is 1. The molecule has 1 amide bonds. The van der Waals surface area contributed by atoms with Crippen LogP contribution in [0.2, 0.25) is 0 Å². The van der Waals surface area contributed by atoms with Gasteiger partial charge in [-0.15, -0.1) is 0 Å². The molecular weight excluding hydrogens is 252 g/mol. The van der Waals surface area contributed by atoms with Gasteiger partial charge in [-0.2, -0.15) is 0 Å². The van der Waals surface area contributed by atoms with Crippen molar-refractivity contribution in [1.29, 1.82) is 0 Å². The second-order valence-electron chi connectivity index (χ2n) is 5.95. The van der Waals surface area contributed by atoms with E-state index in [0.717, 1.165) is 36.3 Å². The third kappa shape index (κ3) is 6.06. The second-order valence-corrected chi connectivity index (χ2v) is 5.95. The molecule has 0 aliphatic carbocycles. The van der Waals surface area contributed by atoms with E-state index in [2.05, 4.69) is 23.6 Å². The molecular formula is C16H26N2O2. The van der Waals surface area contributed by atoms with Crippen LogP contribution in [-0.4, -0.2) is 18.2 Å². The second kappa shape index (κ2) is 7.29. The van der Waals surface area contributed by atoms with E-state index in [1.165, 1.54) is 0 Å². The quantitative estimate of drug-likeness (QED) is 0.805. The highest BCUT2D eigenvalue weighted by atomic mass is 16.6. The van der Waals surface area contributed by atoms with E-state index >= 15 is 0 Å². The van der Waals surface area contributed by atoms with Crippen molar-refractivity contribution >= 4 is 11.8 Å². The summed E-state index contributed by atoms with van der Waals surface area (Å²) in [6, 6.07) is 6.07. The van der Waals surface area contributed by atoms with Crippen LogP contribution in [0.1, 0.15) is 45.2 Å². The van der Waals surface area contributed by atoms with Crippen molar-refractivity contribution in [3.63, 3.8) is 0 Å². The van der Waals surface area contributed by atoms with Crippen molar-refractivity contribution in [2.45, 2.75) is 53.2 Å². The van der Waals surface area contributed by atoms with Crippen LogP contribution >= 0.6 is 0 Å². The van der Waals surface area contributed by atoms with Crippen molar-refractivity contribution < 1.29 is 9.53 Å². The van der Waals surface area contributed by atoms with Crippen molar-refractivity contribution in [2.75, 3.05) is 11.9 Å². The third-order valence-corrected chi connectivity index (χ3v) is 2.69. The first-order valence-electron chi connectivity index (χ1n) is 7.12. The van der Waals surface area contributed by atoms with Gasteiger partial charge in [-0.25, -0.2) is 4.79 Å². The number of carbonyl (C=O) groups excluding carboxylic acids is 1. The number of ether oxygens (including phenoxy) is 1. The number of anilines is 1. The Hall–Kier alpha value is -1.55. The Morgan fingerprint density at radius 3 is 2.60 bits per heavy atom. The number of aryl methyl sites for hydroxylation is 1. The first-order valence-corrected chi connectivity index (χ1v) is 7.12. The standard InChI is InChI=1S/C16H26N2O2/c1-6-9-17-11-13-8-7-12(2)14(10-13)18-15(19)20-16(3,4)5/h7-8,10,17H,6,9,11H2,1-5H3,(H,18,19). The predicted octanol–water partition coefficient (Wildman–Crippen LogP) is 3.84. The van der Waals surface area contributed by atoms with Crippen LogP contribution in [0.5, 0.6) is 0 Å². The Labute approximate surface area is 121 Å². The topological polar surface area (TPSA) is 50.4 Å². The molecule has 0 fully saturated rings. The van der Waals surface area contributed by atoms with Crippen molar-refractivity contribution in [1.82, 2.24) is 5.32 Å². The van der Waals surface area contributed by atoms with Gasteiger partial charge in [0, 0.05) is 12.2 Å². The average molecular weight is 278 g/mol. The normalized spacial score (nSPS) is 11.2. The maximum atomic E-state index is 11.8. The largest absolute Gasteiger partial charge is 0.444 e. The molecule has 0 saturated heterocycles. The zero-order valence-electron chi connectivity index (χ0n) is 13.2. The van der Waals surface area contributed by atoms with E-state index in [9.17, 15) is 4.79 Å². The van der Waals surface area contributed by atoms with Gasteiger partial charge in [-0.3, -0.25) is 5.32 Å². The first kappa shape index (κ1) is 16.5. The van der Waals surface area contributed by atoms with E-state index in [1.54, 1.807) is 0 Å². The number of nitrogens with one attached hydrogen (secondary N) is 2. The van der Waals surface area contributed by atoms with Crippen LogP contribution in [0.3, 0.4) is 0 Å². The summed E-state index contributed by atoms with van der Waals surface area (Å²) in [6.45, 7) is 11.5. The van der Waals surface area contributed by atoms with Crippen LogP contribution in [0.4, 0.5) is 10.5 Å². The molecule has 0 radical (unpaired) electrons. The fraction of sp³-hybridized carbons (Fsp3) is 0.562. The minimum absolute atomic E-state index is 0.417. The van der Waals surface area contributed by atoms with Gasteiger partial charge in [0.2, 0.25) is 0 Å². The summed E-state index contributed by atoms with van der Waals surface area (Å²) in [5, 5.41) is 6.15. The van der Waals surface area contributed by atoms with Gasteiger partial charge in [-0.1, -0.05) is 19.1 Å². The Bertz CT molecular complexity index is 450. The fourth-order valence-corrected chi connectivity index (χ4v) is 1.74. The van der Waals surface area contributed by atoms with E-state index < -0.39 is 11.7 Å². The molecule has 2 N–H and O–H groups in total. The van der Waals surface area contributed by atoms with E-state index in [-0.39, 0.29) is 0 Å². The molecule has 0 aliphatic rings. The molecule has 4 nitrogen and oxygen atoms in total. The molecule has 0 saturated carbocycles. The molecule has 112 valence electrons. The van der Waals surface area contributed by atoms with Crippen LogP contribution < -0.4 is 10.6 Å². The summed E-state index contributed by atoms with van der Waals surface area (Å²) in [5.74, 6) is 0. The predicted molar refractivity (Wildman–Crippen MR) is 83.0 cm³/mol. The highest BCUT2D eigenvalue weighted by Crippen LogP contribution is 2.18. The number of amides is 1. The van der Waals surface area contributed by atoms with Gasteiger partial charge in [0.15, 0.2) is 0 Å². The molecule has 1 aromatic rings. The smallest absolute Gasteiger partial charge is 0.412 e. The third-order valence-electron chi connectivity index (χ3n) is 2.69. The number of carbonyl (C=O) groups is 1. The summed E-state index contributed by atoms with van der Waals surface area (Å²) < 4.78 is 5.27. The average Bonchev–Trinajstić information content (AvgIpc) is 2.31. The SMILES string of the molecule is CCCNCc1ccc(C)c(NC(=O)OC(C)(C)C)c1. The molecule has 0 bridgehead atoms. The summed E-state index contributed by atoms with van der Waals surface area (Å²) in [7, 11) is 0. The Morgan fingerprint density at radius 1 is 1.30 bits per heavy atom. The van der Waals surface area contributed by atoms with Gasteiger partial charge in [0.05, 0.1) is 0 Å². The molecule has 1 aromatic carbocycles. The van der Waals surface area contributed by atoms with E-state index in [1.807, 2.05) is 39.8 Å². The highest BCUT2D eigenvalue weighted by Gasteiger charge is 2.16. The lowest BCUT2D eigenvalue weighted by molar-refractivity contribution is 0.0636. The fourth-order valence-electron chi connectivity index (χ4n) is 1.74. The molecule has 0 spiro atoms. The molecule has 0 heterocycles. The van der Waals surface area contributed by atoms with Gasteiger partial charge >= 0.3 is 6.09 Å². The molecule has 0 unspecified atom stereocenters. The highest BCUT2D eigenvalue weighted by molar-refractivity contribution is 5.86. The zero-order chi connectivity index (χ0) is 15.2. The molecule has 0 atom stereocenters. The summed E-state index contributed by atoms with van der Waals surface area (Å²) in [6.07, 6.45) is 0.689. The number of hydrogen-bond donors (Lipinski definition) is 2. The van der Waals surface area contributed by atoms with Crippen molar-refractivity contribution in [3.05, 3.63) is 29.3 Å². The first-order chi connectivity index (χ1) is 9.31. The van der Waals surface area contributed by atoms with Crippen molar-refractivity contribution in [3.8, 4) is 0 Å².